The van der Waals surface area contributed by atoms with E-state index in [9.17, 15) is 24.8 Å². The lowest BCUT2D eigenvalue weighted by atomic mass is 10.0. The number of rotatable bonds is 8. The van der Waals surface area contributed by atoms with Gasteiger partial charge in [-0.25, -0.2) is 0 Å². The van der Waals surface area contributed by atoms with Crippen LogP contribution in [0.2, 0.25) is 0 Å². The van der Waals surface area contributed by atoms with Gasteiger partial charge in [0.1, 0.15) is 12.4 Å². The number of nitro groups is 1. The van der Waals surface area contributed by atoms with E-state index in [1.54, 1.807) is 6.07 Å². The van der Waals surface area contributed by atoms with E-state index in [0.29, 0.717) is 17.7 Å². The predicted octanol–water partition coefficient (Wildman–Crippen LogP) is 6.16. The summed E-state index contributed by atoms with van der Waals surface area (Å²) in [6.07, 6.45) is 1.73. The van der Waals surface area contributed by atoms with E-state index in [-0.39, 0.29) is 23.6 Å². The molecule has 1 heterocycles. The van der Waals surface area contributed by atoms with Gasteiger partial charge in [0.25, 0.3) is 11.1 Å². The Morgan fingerprint density at radius 3 is 2.47 bits per heavy atom. The van der Waals surface area contributed by atoms with Crippen LogP contribution < -0.4 is 4.74 Å². The standard InChI is InChI=1S/C29H22N2O6S/c32-27-22(16-20(17-24(27)31(35)36)15-19-7-2-1-3-8-19)18-26-28(33)30(29(34)38-26)13-14-37-25-12-6-10-21-9-4-5-11-23(21)25/h1-12,16-18,32H,13-15H2/b26-18-. The molecular formula is C29H22N2O6S. The van der Waals surface area contributed by atoms with E-state index in [4.69, 9.17) is 4.74 Å². The Morgan fingerprint density at radius 2 is 1.68 bits per heavy atom. The Bertz CT molecular complexity index is 1580. The molecule has 0 radical (unpaired) electrons. The molecule has 1 saturated heterocycles. The Hall–Kier alpha value is -4.63. The molecule has 0 spiro atoms. The summed E-state index contributed by atoms with van der Waals surface area (Å²) in [6.45, 7) is 0.133. The molecule has 1 fully saturated rings. The van der Waals surface area contributed by atoms with Crippen molar-refractivity contribution in [3.63, 3.8) is 0 Å². The summed E-state index contributed by atoms with van der Waals surface area (Å²) in [6, 6.07) is 25.7. The Labute approximate surface area is 222 Å². The Morgan fingerprint density at radius 1 is 0.947 bits per heavy atom. The average Bonchev–Trinajstić information content (AvgIpc) is 3.18. The second-order valence-electron chi connectivity index (χ2n) is 8.63. The summed E-state index contributed by atoms with van der Waals surface area (Å²) >= 11 is 0.720. The highest BCUT2D eigenvalue weighted by molar-refractivity contribution is 8.18. The number of thioether (sulfide) groups is 1. The van der Waals surface area contributed by atoms with E-state index in [0.717, 1.165) is 33.0 Å². The van der Waals surface area contributed by atoms with Gasteiger partial charge in [-0.15, -0.1) is 0 Å². The van der Waals surface area contributed by atoms with E-state index in [2.05, 4.69) is 0 Å². The fraction of sp³-hybridized carbons (Fsp3) is 0.103. The summed E-state index contributed by atoms with van der Waals surface area (Å²) in [5.74, 6) is -0.451. The average molecular weight is 527 g/mol. The number of phenols is 1. The topological polar surface area (TPSA) is 110 Å². The molecular weight excluding hydrogens is 504 g/mol. The lowest BCUT2D eigenvalue weighted by Gasteiger charge is -2.14. The number of phenolic OH excluding ortho intramolecular Hbond substituents is 1. The van der Waals surface area contributed by atoms with Crippen LogP contribution >= 0.6 is 11.8 Å². The zero-order valence-corrected chi connectivity index (χ0v) is 20.9. The third kappa shape index (κ3) is 5.23. The molecule has 0 unspecified atom stereocenters. The van der Waals surface area contributed by atoms with Gasteiger partial charge in [0, 0.05) is 17.0 Å². The fourth-order valence-corrected chi connectivity index (χ4v) is 5.14. The van der Waals surface area contributed by atoms with E-state index >= 15 is 0 Å². The van der Waals surface area contributed by atoms with Crippen molar-refractivity contribution < 1.29 is 24.4 Å². The lowest BCUT2D eigenvalue weighted by Crippen LogP contribution is -2.32. The van der Waals surface area contributed by atoms with Gasteiger partial charge in [-0.3, -0.25) is 24.6 Å². The van der Waals surface area contributed by atoms with Crippen LogP contribution in [-0.4, -0.2) is 39.2 Å². The number of carbonyl (C=O) groups excluding carboxylic acids is 2. The molecule has 1 aliphatic rings. The zero-order chi connectivity index (χ0) is 26.6. The lowest BCUT2D eigenvalue weighted by molar-refractivity contribution is -0.385. The number of nitro benzene ring substituents is 1. The van der Waals surface area contributed by atoms with Crippen molar-refractivity contribution in [1.29, 1.82) is 0 Å². The molecule has 9 heteroatoms. The minimum absolute atomic E-state index is 0.0331. The van der Waals surface area contributed by atoms with Crippen LogP contribution in [0, 0.1) is 10.1 Å². The number of nitrogens with zero attached hydrogens (tertiary/aromatic N) is 2. The molecule has 4 aromatic carbocycles. The van der Waals surface area contributed by atoms with Crippen LogP contribution in [0.3, 0.4) is 0 Å². The maximum absolute atomic E-state index is 13.0. The monoisotopic (exact) mass is 526 g/mol. The first kappa shape index (κ1) is 25.0. The van der Waals surface area contributed by atoms with Crippen molar-refractivity contribution in [2.45, 2.75) is 6.42 Å². The minimum atomic E-state index is -0.669. The molecule has 190 valence electrons. The van der Waals surface area contributed by atoms with Crippen molar-refractivity contribution in [3.8, 4) is 11.5 Å². The van der Waals surface area contributed by atoms with Crippen LogP contribution in [0.15, 0.2) is 89.8 Å². The zero-order valence-electron chi connectivity index (χ0n) is 20.1. The fourth-order valence-electron chi connectivity index (χ4n) is 4.29. The first-order valence-electron chi connectivity index (χ1n) is 11.8. The number of hydrogen-bond acceptors (Lipinski definition) is 7. The molecule has 0 atom stereocenters. The summed E-state index contributed by atoms with van der Waals surface area (Å²) < 4.78 is 5.88. The number of carbonyl (C=O) groups is 2. The molecule has 4 aromatic rings. The first-order chi connectivity index (χ1) is 18.4. The molecule has 38 heavy (non-hydrogen) atoms. The van der Waals surface area contributed by atoms with Crippen molar-refractivity contribution in [1.82, 2.24) is 4.90 Å². The maximum Gasteiger partial charge on any atom is 0.311 e. The summed E-state index contributed by atoms with van der Waals surface area (Å²) in [4.78, 5) is 37.7. The molecule has 1 N–H and O–H groups in total. The maximum atomic E-state index is 13.0. The number of amides is 2. The van der Waals surface area contributed by atoms with E-state index < -0.39 is 27.5 Å². The van der Waals surface area contributed by atoms with Gasteiger partial charge in [-0.1, -0.05) is 66.7 Å². The van der Waals surface area contributed by atoms with Crippen molar-refractivity contribution in [3.05, 3.63) is 117 Å². The van der Waals surface area contributed by atoms with Gasteiger partial charge in [0.05, 0.1) is 16.4 Å². The molecule has 0 aliphatic carbocycles. The van der Waals surface area contributed by atoms with Crippen molar-refractivity contribution in [2.24, 2.45) is 0 Å². The smallest absolute Gasteiger partial charge is 0.311 e. The molecule has 0 bridgehead atoms. The van der Waals surface area contributed by atoms with Gasteiger partial charge < -0.3 is 9.84 Å². The largest absolute Gasteiger partial charge is 0.502 e. The highest BCUT2D eigenvalue weighted by Crippen LogP contribution is 2.38. The van der Waals surface area contributed by atoms with Crippen molar-refractivity contribution in [2.75, 3.05) is 13.2 Å². The first-order valence-corrected chi connectivity index (χ1v) is 12.6. The van der Waals surface area contributed by atoms with Gasteiger partial charge in [0.2, 0.25) is 5.75 Å². The van der Waals surface area contributed by atoms with Crippen LogP contribution in [0.25, 0.3) is 16.8 Å². The summed E-state index contributed by atoms with van der Waals surface area (Å²) in [5, 5.41) is 23.6. The highest BCUT2D eigenvalue weighted by Gasteiger charge is 2.35. The molecule has 0 saturated carbocycles. The van der Waals surface area contributed by atoms with E-state index in [1.165, 1.54) is 12.1 Å². The number of hydrogen-bond donors (Lipinski definition) is 1. The van der Waals surface area contributed by atoms with Crippen LogP contribution in [0.4, 0.5) is 10.5 Å². The predicted molar refractivity (Wildman–Crippen MR) is 146 cm³/mol. The highest BCUT2D eigenvalue weighted by atomic mass is 32.2. The van der Waals surface area contributed by atoms with Gasteiger partial charge >= 0.3 is 5.69 Å². The normalized spacial score (nSPS) is 14.4. The Balaban J connectivity index is 1.34. The number of aromatic hydroxyl groups is 1. The molecule has 5 rings (SSSR count). The molecule has 0 aromatic heterocycles. The molecule has 1 aliphatic heterocycles. The summed E-state index contributed by atoms with van der Waals surface area (Å²) in [5.41, 5.74) is 1.16. The van der Waals surface area contributed by atoms with Crippen LogP contribution in [0.5, 0.6) is 11.5 Å². The van der Waals surface area contributed by atoms with Gasteiger partial charge in [-0.2, -0.15) is 0 Å². The number of ether oxygens (including phenoxy) is 1. The quantitative estimate of drug-likeness (QED) is 0.166. The van der Waals surface area contributed by atoms with Crippen LogP contribution in [0.1, 0.15) is 16.7 Å². The number of fused-ring (bicyclic) bond motifs is 1. The SMILES string of the molecule is O=C1S/C(=C\c2cc(Cc3ccccc3)cc([N+](=O)[O-])c2O)C(=O)N1CCOc1cccc2ccccc12. The second kappa shape index (κ2) is 10.8. The third-order valence-corrected chi connectivity index (χ3v) is 7.02. The van der Waals surface area contributed by atoms with Gasteiger partial charge in [-0.05, 0) is 52.9 Å². The molecule has 8 nitrogen and oxygen atoms in total. The van der Waals surface area contributed by atoms with Crippen LogP contribution in [-0.2, 0) is 11.2 Å². The number of imide groups is 1. The third-order valence-electron chi connectivity index (χ3n) is 6.11. The summed E-state index contributed by atoms with van der Waals surface area (Å²) in [7, 11) is 0. The second-order valence-corrected chi connectivity index (χ2v) is 9.62. The number of benzene rings is 4. The van der Waals surface area contributed by atoms with E-state index in [1.807, 2.05) is 72.8 Å². The molecule has 2 amide bonds. The Kier molecular flexibility index (Phi) is 7.10. The van der Waals surface area contributed by atoms with Gasteiger partial charge in [0.15, 0.2) is 0 Å². The van der Waals surface area contributed by atoms with Crippen molar-refractivity contribution >= 4 is 45.4 Å². The minimum Gasteiger partial charge on any atom is -0.502 e.